The molecule has 1 amide bonds. The predicted octanol–water partition coefficient (Wildman–Crippen LogP) is 3.23. The van der Waals surface area contributed by atoms with E-state index in [1.165, 1.54) is 37.7 Å². The van der Waals surface area contributed by atoms with E-state index in [1.807, 2.05) is 18.2 Å². The van der Waals surface area contributed by atoms with Crippen LogP contribution in [0.2, 0.25) is 0 Å². The van der Waals surface area contributed by atoms with Gasteiger partial charge in [-0.1, -0.05) is 69.4 Å². The molecule has 4 N–H and O–H groups in total. The average molecular weight is 460 g/mol. The number of nitrogens with two attached hydrogens (primary N) is 1. The Kier molecular flexibility index (Phi) is 15.3. The fourth-order valence-electron chi connectivity index (χ4n) is 2.38. The van der Waals surface area contributed by atoms with Crippen LogP contribution in [-0.2, 0) is 11.2 Å². The first-order valence-electron chi connectivity index (χ1n) is 9.06. The summed E-state index contributed by atoms with van der Waals surface area (Å²) in [6.45, 7) is 3.72. The van der Waals surface area contributed by atoms with Gasteiger partial charge >= 0.3 is 0 Å². The van der Waals surface area contributed by atoms with Crippen molar-refractivity contribution < 1.29 is 4.79 Å². The molecule has 0 saturated carbocycles. The van der Waals surface area contributed by atoms with Crippen LogP contribution in [0, 0.1) is 0 Å². The van der Waals surface area contributed by atoms with Crippen LogP contribution in [0.4, 0.5) is 0 Å². The number of aliphatic imine (C=N–C) groups is 1. The van der Waals surface area contributed by atoms with Gasteiger partial charge in [0.25, 0.3) is 0 Å². The van der Waals surface area contributed by atoms with Crippen molar-refractivity contribution in [1.29, 1.82) is 0 Å². The lowest BCUT2D eigenvalue weighted by atomic mass is 10.1. The zero-order valence-electron chi connectivity index (χ0n) is 15.3. The van der Waals surface area contributed by atoms with Crippen LogP contribution in [0.5, 0.6) is 0 Å². The molecule has 0 unspecified atom stereocenters. The zero-order chi connectivity index (χ0) is 17.5. The summed E-state index contributed by atoms with van der Waals surface area (Å²) in [5.41, 5.74) is 6.97. The first kappa shape index (κ1) is 23.7. The van der Waals surface area contributed by atoms with E-state index in [2.05, 4.69) is 34.7 Å². The van der Waals surface area contributed by atoms with Gasteiger partial charge in [0.15, 0.2) is 5.96 Å². The van der Waals surface area contributed by atoms with Crippen molar-refractivity contribution in [3.8, 4) is 0 Å². The van der Waals surface area contributed by atoms with Crippen molar-refractivity contribution in [3.63, 3.8) is 0 Å². The minimum absolute atomic E-state index is 0. The molecule has 0 aromatic heterocycles. The second-order valence-electron chi connectivity index (χ2n) is 5.98. The number of guanidine groups is 1. The van der Waals surface area contributed by atoms with Crippen molar-refractivity contribution in [1.82, 2.24) is 10.6 Å². The minimum atomic E-state index is -0.102. The molecule has 1 aromatic carbocycles. The van der Waals surface area contributed by atoms with Gasteiger partial charge in [-0.2, -0.15) is 0 Å². The lowest BCUT2D eigenvalue weighted by Gasteiger charge is -2.06. The van der Waals surface area contributed by atoms with Gasteiger partial charge in [0.1, 0.15) is 6.54 Å². The molecule has 0 radical (unpaired) electrons. The maximum absolute atomic E-state index is 11.7. The first-order chi connectivity index (χ1) is 11.7. The Labute approximate surface area is 169 Å². The molecule has 0 atom stereocenters. The predicted molar refractivity (Wildman–Crippen MR) is 116 cm³/mol. The number of benzene rings is 1. The molecule has 0 aliphatic carbocycles. The number of nitrogens with one attached hydrogen (secondary N) is 2. The Morgan fingerprint density at radius 2 is 1.68 bits per heavy atom. The Morgan fingerprint density at radius 3 is 2.40 bits per heavy atom. The van der Waals surface area contributed by atoms with Crippen LogP contribution in [0.3, 0.4) is 0 Å². The Bertz CT molecular complexity index is 480. The third-order valence-electron chi connectivity index (χ3n) is 3.81. The Morgan fingerprint density at radius 1 is 1.00 bits per heavy atom. The maximum atomic E-state index is 11.7. The van der Waals surface area contributed by atoms with Crippen molar-refractivity contribution in [2.24, 2.45) is 10.7 Å². The van der Waals surface area contributed by atoms with Gasteiger partial charge < -0.3 is 16.4 Å². The van der Waals surface area contributed by atoms with Crippen LogP contribution in [0.15, 0.2) is 35.3 Å². The summed E-state index contributed by atoms with van der Waals surface area (Å²) in [5, 5.41) is 5.91. The van der Waals surface area contributed by atoms with E-state index in [9.17, 15) is 4.79 Å². The van der Waals surface area contributed by atoms with Crippen molar-refractivity contribution in [2.75, 3.05) is 19.6 Å². The molecule has 0 saturated heterocycles. The number of halogens is 1. The quantitative estimate of drug-likeness (QED) is 0.194. The third-order valence-corrected chi connectivity index (χ3v) is 3.81. The molecular weight excluding hydrogens is 427 g/mol. The lowest BCUT2D eigenvalue weighted by molar-refractivity contribution is -0.119. The molecule has 5 nitrogen and oxygen atoms in total. The topological polar surface area (TPSA) is 79.5 Å². The zero-order valence-corrected chi connectivity index (χ0v) is 17.6. The number of amides is 1. The van der Waals surface area contributed by atoms with Crippen LogP contribution in [-0.4, -0.2) is 31.5 Å². The van der Waals surface area contributed by atoms with Gasteiger partial charge in [0.05, 0.1) is 0 Å². The summed E-state index contributed by atoms with van der Waals surface area (Å²) >= 11 is 0. The van der Waals surface area contributed by atoms with E-state index in [4.69, 9.17) is 5.73 Å². The van der Waals surface area contributed by atoms with Gasteiger partial charge in [-0.3, -0.25) is 4.79 Å². The smallest absolute Gasteiger partial charge is 0.241 e. The highest BCUT2D eigenvalue weighted by Crippen LogP contribution is 2.03. The molecule has 0 spiro atoms. The van der Waals surface area contributed by atoms with Crippen LogP contribution < -0.4 is 16.4 Å². The standard InChI is InChI=1S/C19H32N4O.HI/c1-2-3-4-5-6-10-14-22-19(20)23-16-18(24)21-15-13-17-11-8-7-9-12-17;/h7-9,11-12H,2-6,10,13-16H2,1H3,(H,21,24)(H3,20,22,23);1H. The molecule has 0 aliphatic rings. The molecule has 0 bridgehead atoms. The fraction of sp³-hybridized carbons (Fsp3) is 0.579. The Hall–Kier alpha value is -1.31. The van der Waals surface area contributed by atoms with E-state index < -0.39 is 0 Å². The van der Waals surface area contributed by atoms with Crippen molar-refractivity contribution in [3.05, 3.63) is 35.9 Å². The summed E-state index contributed by atoms with van der Waals surface area (Å²) in [6.07, 6.45) is 8.28. The summed E-state index contributed by atoms with van der Waals surface area (Å²) in [5.74, 6) is 0.247. The van der Waals surface area contributed by atoms with E-state index in [1.54, 1.807) is 0 Å². The number of nitrogens with zero attached hydrogens (tertiary/aromatic N) is 1. The van der Waals surface area contributed by atoms with E-state index in [0.29, 0.717) is 12.5 Å². The maximum Gasteiger partial charge on any atom is 0.241 e. The highest BCUT2D eigenvalue weighted by atomic mass is 127. The Balaban J connectivity index is 0.00000576. The van der Waals surface area contributed by atoms with Crippen molar-refractivity contribution in [2.45, 2.75) is 51.9 Å². The minimum Gasteiger partial charge on any atom is -0.370 e. The molecule has 6 heteroatoms. The summed E-state index contributed by atoms with van der Waals surface area (Å²) in [7, 11) is 0. The van der Waals surface area contributed by atoms with Gasteiger partial charge in [0, 0.05) is 13.1 Å². The number of carbonyl (C=O) groups excluding carboxylic acids is 1. The number of unbranched alkanes of at least 4 members (excludes halogenated alkanes) is 5. The third kappa shape index (κ3) is 13.6. The molecule has 0 aliphatic heterocycles. The van der Waals surface area contributed by atoms with E-state index >= 15 is 0 Å². The fourth-order valence-corrected chi connectivity index (χ4v) is 2.38. The highest BCUT2D eigenvalue weighted by molar-refractivity contribution is 14.0. The molecule has 0 fully saturated rings. The van der Waals surface area contributed by atoms with E-state index in [-0.39, 0.29) is 36.4 Å². The largest absolute Gasteiger partial charge is 0.370 e. The summed E-state index contributed by atoms with van der Waals surface area (Å²) in [6, 6.07) is 10.1. The van der Waals surface area contributed by atoms with Crippen LogP contribution >= 0.6 is 24.0 Å². The summed E-state index contributed by atoms with van der Waals surface area (Å²) < 4.78 is 0. The number of hydrogen-bond acceptors (Lipinski definition) is 2. The van der Waals surface area contributed by atoms with Gasteiger partial charge in [-0.25, -0.2) is 4.99 Å². The first-order valence-corrected chi connectivity index (χ1v) is 9.06. The molecule has 0 heterocycles. The molecule has 142 valence electrons. The molecule has 1 aromatic rings. The number of hydrogen-bond donors (Lipinski definition) is 3. The van der Waals surface area contributed by atoms with Gasteiger partial charge in [-0.15, -0.1) is 24.0 Å². The van der Waals surface area contributed by atoms with Gasteiger partial charge in [-0.05, 0) is 18.4 Å². The number of carbonyl (C=O) groups is 1. The second kappa shape index (κ2) is 16.2. The van der Waals surface area contributed by atoms with Crippen LogP contribution in [0.1, 0.15) is 51.0 Å². The lowest BCUT2D eigenvalue weighted by Crippen LogP contribution is -2.34. The summed E-state index contributed by atoms with van der Waals surface area (Å²) in [4.78, 5) is 15.8. The molecular formula is C19H33IN4O. The second-order valence-corrected chi connectivity index (χ2v) is 5.98. The molecule has 25 heavy (non-hydrogen) atoms. The number of rotatable bonds is 12. The van der Waals surface area contributed by atoms with Crippen molar-refractivity contribution >= 4 is 35.8 Å². The SMILES string of the molecule is CCCCCCCCNC(N)=NCC(=O)NCCc1ccccc1.I. The monoisotopic (exact) mass is 460 g/mol. The normalized spacial score (nSPS) is 10.8. The average Bonchev–Trinajstić information content (AvgIpc) is 2.60. The van der Waals surface area contributed by atoms with Gasteiger partial charge in [0.2, 0.25) is 5.91 Å². The molecule has 1 rings (SSSR count). The van der Waals surface area contributed by atoms with Crippen LogP contribution in [0.25, 0.3) is 0 Å². The highest BCUT2D eigenvalue weighted by Gasteiger charge is 2.00. The van der Waals surface area contributed by atoms with E-state index in [0.717, 1.165) is 19.4 Å².